The number of ether oxygens (including phenoxy) is 1. The second-order valence-electron chi connectivity index (χ2n) is 6.26. The molecule has 1 amide bonds. The van der Waals surface area contributed by atoms with Gasteiger partial charge < -0.3 is 20.4 Å². The molecule has 2 aromatic carbocycles. The third-order valence-electron chi connectivity index (χ3n) is 4.28. The second kappa shape index (κ2) is 7.40. The number of H-pyrrole nitrogens is 1. The van der Waals surface area contributed by atoms with Crippen molar-refractivity contribution in [3.8, 4) is 11.5 Å². The Morgan fingerprint density at radius 1 is 1.07 bits per heavy atom. The van der Waals surface area contributed by atoms with Crippen molar-refractivity contribution >= 4 is 28.6 Å². The van der Waals surface area contributed by atoms with Gasteiger partial charge >= 0.3 is 0 Å². The first kappa shape index (κ1) is 17.5. The highest BCUT2D eigenvalue weighted by atomic mass is 16.5. The van der Waals surface area contributed by atoms with Crippen molar-refractivity contribution in [3.05, 3.63) is 72.1 Å². The number of nitrogens with zero attached hydrogens (tertiary/aromatic N) is 2. The van der Waals surface area contributed by atoms with Gasteiger partial charge in [-0.05, 0) is 36.8 Å². The molecular weight excluding hydrogens is 354 g/mol. The summed E-state index contributed by atoms with van der Waals surface area (Å²) in [5.74, 6) is 1.56. The maximum atomic E-state index is 11.7. The SMILES string of the molecule is CNC(=O)c1cc(Oc2ccc3nc(Nc4ccccc4C)[nH]c3c2)ccn1. The smallest absolute Gasteiger partial charge is 0.269 e. The van der Waals surface area contributed by atoms with Crippen LogP contribution in [-0.4, -0.2) is 27.9 Å². The summed E-state index contributed by atoms with van der Waals surface area (Å²) >= 11 is 0. The molecule has 0 unspecified atom stereocenters. The van der Waals surface area contributed by atoms with Crippen LogP contribution in [0.3, 0.4) is 0 Å². The highest BCUT2D eigenvalue weighted by molar-refractivity contribution is 5.92. The average molecular weight is 373 g/mol. The quantitative estimate of drug-likeness (QED) is 0.488. The maximum absolute atomic E-state index is 11.7. The van der Waals surface area contributed by atoms with Gasteiger partial charge in [-0.3, -0.25) is 9.78 Å². The van der Waals surface area contributed by atoms with Gasteiger partial charge in [-0.25, -0.2) is 4.98 Å². The van der Waals surface area contributed by atoms with E-state index in [9.17, 15) is 4.79 Å². The number of benzene rings is 2. The number of aromatic amines is 1. The van der Waals surface area contributed by atoms with Crippen LogP contribution >= 0.6 is 0 Å². The minimum absolute atomic E-state index is 0.263. The molecule has 0 fully saturated rings. The molecule has 0 atom stereocenters. The van der Waals surface area contributed by atoms with Gasteiger partial charge in [0.1, 0.15) is 17.2 Å². The molecule has 4 rings (SSSR count). The van der Waals surface area contributed by atoms with Crippen molar-refractivity contribution in [3.63, 3.8) is 0 Å². The number of carbonyl (C=O) groups excluding carboxylic acids is 1. The van der Waals surface area contributed by atoms with Crippen LogP contribution in [0.2, 0.25) is 0 Å². The summed E-state index contributed by atoms with van der Waals surface area (Å²) < 4.78 is 5.88. The number of pyridine rings is 1. The lowest BCUT2D eigenvalue weighted by Gasteiger charge is -2.06. The van der Waals surface area contributed by atoms with Gasteiger partial charge in [-0.2, -0.15) is 0 Å². The fourth-order valence-electron chi connectivity index (χ4n) is 2.82. The zero-order chi connectivity index (χ0) is 19.5. The van der Waals surface area contributed by atoms with E-state index in [0.29, 0.717) is 23.1 Å². The Kier molecular flexibility index (Phi) is 4.63. The molecule has 0 radical (unpaired) electrons. The lowest BCUT2D eigenvalue weighted by atomic mass is 10.2. The number of anilines is 2. The van der Waals surface area contributed by atoms with Crippen LogP contribution in [-0.2, 0) is 0 Å². The zero-order valence-corrected chi connectivity index (χ0v) is 15.5. The minimum Gasteiger partial charge on any atom is -0.457 e. The Hall–Kier alpha value is -3.87. The van der Waals surface area contributed by atoms with E-state index < -0.39 is 0 Å². The van der Waals surface area contributed by atoms with Gasteiger partial charge in [-0.1, -0.05) is 18.2 Å². The van der Waals surface area contributed by atoms with E-state index in [2.05, 4.69) is 25.6 Å². The molecule has 0 aliphatic rings. The molecule has 0 bridgehead atoms. The number of fused-ring (bicyclic) bond motifs is 1. The fraction of sp³-hybridized carbons (Fsp3) is 0.0952. The molecule has 28 heavy (non-hydrogen) atoms. The number of hydrogen-bond acceptors (Lipinski definition) is 5. The fourth-order valence-corrected chi connectivity index (χ4v) is 2.82. The summed E-state index contributed by atoms with van der Waals surface area (Å²) in [4.78, 5) is 23.6. The average Bonchev–Trinajstić information content (AvgIpc) is 3.11. The standard InChI is InChI=1S/C21H19N5O2/c1-13-5-3-4-6-16(13)24-21-25-17-8-7-14(11-18(17)26-21)28-15-9-10-23-19(12-15)20(27)22-2/h3-12H,1-2H3,(H,22,27)(H2,24,25,26). The lowest BCUT2D eigenvalue weighted by molar-refractivity contribution is 0.0958. The molecule has 4 aromatic rings. The number of imidazole rings is 1. The van der Waals surface area contributed by atoms with Crippen LogP contribution in [0.25, 0.3) is 11.0 Å². The Morgan fingerprint density at radius 3 is 2.71 bits per heavy atom. The molecular formula is C21H19N5O2. The van der Waals surface area contributed by atoms with Crippen LogP contribution in [0.5, 0.6) is 11.5 Å². The van der Waals surface area contributed by atoms with Crippen LogP contribution in [0, 0.1) is 6.92 Å². The number of rotatable bonds is 5. The second-order valence-corrected chi connectivity index (χ2v) is 6.26. The Labute approximate surface area is 161 Å². The first-order valence-electron chi connectivity index (χ1n) is 8.81. The lowest BCUT2D eigenvalue weighted by Crippen LogP contribution is -2.18. The van der Waals surface area contributed by atoms with E-state index in [1.54, 1.807) is 25.4 Å². The van der Waals surface area contributed by atoms with Crippen molar-refractivity contribution in [1.29, 1.82) is 0 Å². The highest BCUT2D eigenvalue weighted by Crippen LogP contribution is 2.27. The number of carbonyl (C=O) groups is 1. The van der Waals surface area contributed by atoms with Gasteiger partial charge in [0.05, 0.1) is 11.0 Å². The van der Waals surface area contributed by atoms with Crippen molar-refractivity contribution in [2.45, 2.75) is 6.92 Å². The van der Waals surface area contributed by atoms with Crippen LogP contribution < -0.4 is 15.4 Å². The van der Waals surface area contributed by atoms with Crippen LogP contribution in [0.1, 0.15) is 16.1 Å². The molecule has 2 aromatic heterocycles. The molecule has 0 saturated heterocycles. The Balaban J connectivity index is 1.57. The molecule has 0 aliphatic carbocycles. The van der Waals surface area contributed by atoms with Crippen molar-refractivity contribution in [1.82, 2.24) is 20.3 Å². The predicted molar refractivity (Wildman–Crippen MR) is 108 cm³/mol. The number of nitrogens with one attached hydrogen (secondary N) is 3. The number of aromatic nitrogens is 3. The summed E-state index contributed by atoms with van der Waals surface area (Å²) in [7, 11) is 1.56. The van der Waals surface area contributed by atoms with E-state index in [0.717, 1.165) is 22.3 Å². The molecule has 140 valence electrons. The molecule has 3 N–H and O–H groups in total. The van der Waals surface area contributed by atoms with Crippen LogP contribution in [0.15, 0.2) is 60.8 Å². The first-order chi connectivity index (χ1) is 13.6. The number of para-hydroxylation sites is 1. The molecule has 0 aliphatic heterocycles. The number of amides is 1. The van der Waals surface area contributed by atoms with E-state index in [-0.39, 0.29) is 5.91 Å². The van der Waals surface area contributed by atoms with Gasteiger partial charge in [0, 0.05) is 31.1 Å². The van der Waals surface area contributed by atoms with Crippen molar-refractivity contribution in [2.24, 2.45) is 0 Å². The maximum Gasteiger partial charge on any atom is 0.269 e. The summed E-state index contributed by atoms with van der Waals surface area (Å²) in [6.07, 6.45) is 1.54. The number of hydrogen-bond donors (Lipinski definition) is 3. The molecule has 0 saturated carbocycles. The third kappa shape index (κ3) is 3.64. The predicted octanol–water partition coefficient (Wildman–Crippen LogP) is 4.16. The zero-order valence-electron chi connectivity index (χ0n) is 15.5. The highest BCUT2D eigenvalue weighted by Gasteiger charge is 2.09. The number of aryl methyl sites for hydroxylation is 1. The summed E-state index contributed by atoms with van der Waals surface area (Å²) in [6.45, 7) is 2.04. The summed E-state index contributed by atoms with van der Waals surface area (Å²) in [5, 5.41) is 5.84. The summed E-state index contributed by atoms with van der Waals surface area (Å²) in [6, 6.07) is 16.9. The van der Waals surface area contributed by atoms with E-state index in [1.165, 1.54) is 0 Å². The van der Waals surface area contributed by atoms with Crippen molar-refractivity contribution in [2.75, 3.05) is 12.4 Å². The largest absolute Gasteiger partial charge is 0.457 e. The van der Waals surface area contributed by atoms with Gasteiger partial charge in [0.15, 0.2) is 0 Å². The topological polar surface area (TPSA) is 91.9 Å². The van der Waals surface area contributed by atoms with E-state index >= 15 is 0 Å². The molecule has 0 spiro atoms. The Morgan fingerprint density at radius 2 is 1.89 bits per heavy atom. The van der Waals surface area contributed by atoms with Crippen LogP contribution in [0.4, 0.5) is 11.6 Å². The Bertz CT molecular complexity index is 1150. The molecule has 2 heterocycles. The van der Waals surface area contributed by atoms with Gasteiger partial charge in [0.25, 0.3) is 5.91 Å². The monoisotopic (exact) mass is 373 g/mol. The van der Waals surface area contributed by atoms with E-state index in [1.807, 2.05) is 49.4 Å². The minimum atomic E-state index is -0.263. The summed E-state index contributed by atoms with van der Waals surface area (Å²) in [5.41, 5.74) is 4.10. The first-order valence-corrected chi connectivity index (χ1v) is 8.81. The van der Waals surface area contributed by atoms with Gasteiger partial charge in [0.2, 0.25) is 5.95 Å². The normalized spacial score (nSPS) is 10.6. The third-order valence-corrected chi connectivity index (χ3v) is 4.28. The molecule has 7 nitrogen and oxygen atoms in total. The van der Waals surface area contributed by atoms with Crippen molar-refractivity contribution < 1.29 is 9.53 Å². The van der Waals surface area contributed by atoms with Gasteiger partial charge in [-0.15, -0.1) is 0 Å². The molecule has 7 heteroatoms. The van der Waals surface area contributed by atoms with E-state index in [4.69, 9.17) is 4.74 Å².